The van der Waals surface area contributed by atoms with Crippen LogP contribution in [0.3, 0.4) is 0 Å². The topological polar surface area (TPSA) is 111 Å². The number of esters is 1. The first-order valence-corrected chi connectivity index (χ1v) is 14.3. The predicted molar refractivity (Wildman–Crippen MR) is 142 cm³/mol. The fraction of sp³-hybridized carbons (Fsp3) is 0.286. The molecule has 0 spiro atoms. The third-order valence-electron chi connectivity index (χ3n) is 6.92. The molecule has 0 saturated heterocycles. The summed E-state index contributed by atoms with van der Waals surface area (Å²) in [7, 11) is -2.13. The Balaban J connectivity index is 1.47. The zero-order chi connectivity index (χ0) is 29.5. The second kappa shape index (κ2) is 10.6. The van der Waals surface area contributed by atoms with Gasteiger partial charge in [-0.15, -0.1) is 0 Å². The van der Waals surface area contributed by atoms with E-state index in [1.807, 2.05) is 0 Å². The summed E-state index contributed by atoms with van der Waals surface area (Å²) >= 11 is 0. The Morgan fingerprint density at radius 3 is 2.41 bits per heavy atom. The summed E-state index contributed by atoms with van der Waals surface area (Å²) in [5.74, 6) is -2.30. The van der Waals surface area contributed by atoms with Crippen molar-refractivity contribution in [3.8, 4) is 11.5 Å². The van der Waals surface area contributed by atoms with E-state index in [9.17, 15) is 31.2 Å². The average Bonchev–Trinajstić information content (AvgIpc) is 3.53. The molecule has 216 valence electrons. The first kappa shape index (κ1) is 28.3. The van der Waals surface area contributed by atoms with Gasteiger partial charge >= 0.3 is 18.1 Å². The van der Waals surface area contributed by atoms with E-state index in [1.165, 1.54) is 31.4 Å². The molecule has 13 heteroatoms. The van der Waals surface area contributed by atoms with E-state index < -0.39 is 33.9 Å². The van der Waals surface area contributed by atoms with Gasteiger partial charge in [-0.3, -0.25) is 14.5 Å². The first-order valence-electron chi connectivity index (χ1n) is 12.4. The van der Waals surface area contributed by atoms with Crippen molar-refractivity contribution in [1.82, 2.24) is 0 Å². The van der Waals surface area contributed by atoms with Crippen LogP contribution in [0.2, 0.25) is 0 Å². The monoisotopic (exact) mass is 590 g/mol. The number of para-hydroxylation sites is 1. The molecule has 0 aromatic heterocycles. The van der Waals surface area contributed by atoms with Crippen LogP contribution in [0.1, 0.15) is 29.5 Å². The number of benzene rings is 3. The molecule has 0 aliphatic carbocycles. The molecule has 2 aliphatic heterocycles. The molecule has 0 fully saturated rings. The van der Waals surface area contributed by atoms with Crippen LogP contribution in [-0.4, -0.2) is 53.0 Å². The standard InChI is InChI=1S/C28H25F3N2O7S/c1-38-25(34)12-16-14-39-24-13-18(8-11-20(16)24)33(27(35)28(29,30)31)23-15-40-26-21(23)4-3-5-22(26)32-17-6-9-19(10-7-17)41(2,36)37/h3-11,13,16,23,32H,12,14-15H2,1-2H3/t16-,23-/m1/s1. The SMILES string of the molecule is COC(=O)C[C@@H]1COc2cc(N(C(=O)C(F)(F)F)[C@@H]3COc4c(Nc5ccc(S(C)(=O)=O)cc5)cccc43)ccc21. The van der Waals surface area contributed by atoms with Crippen LogP contribution in [0.5, 0.6) is 11.5 Å². The molecule has 1 N–H and O–H groups in total. The molecule has 41 heavy (non-hydrogen) atoms. The molecular formula is C28H25F3N2O7S. The fourth-order valence-corrected chi connectivity index (χ4v) is 5.56. The summed E-state index contributed by atoms with van der Waals surface area (Å²) in [5.41, 5.74) is 1.90. The fourth-order valence-electron chi connectivity index (χ4n) is 4.93. The minimum Gasteiger partial charge on any atom is -0.493 e. The largest absolute Gasteiger partial charge is 0.493 e. The highest BCUT2D eigenvalue weighted by molar-refractivity contribution is 7.90. The van der Waals surface area contributed by atoms with Crippen molar-refractivity contribution in [3.05, 3.63) is 71.8 Å². The number of hydrogen-bond acceptors (Lipinski definition) is 8. The summed E-state index contributed by atoms with van der Waals surface area (Å²) in [5, 5.41) is 3.10. The number of rotatable bonds is 7. The van der Waals surface area contributed by atoms with Gasteiger partial charge in [-0.1, -0.05) is 18.2 Å². The Bertz CT molecular complexity index is 1610. The predicted octanol–water partition coefficient (Wildman–Crippen LogP) is 4.90. The van der Waals surface area contributed by atoms with Gasteiger partial charge < -0.3 is 19.5 Å². The lowest BCUT2D eigenvalue weighted by Gasteiger charge is -2.29. The van der Waals surface area contributed by atoms with Crippen molar-refractivity contribution < 1.29 is 45.4 Å². The zero-order valence-corrected chi connectivity index (χ0v) is 22.7. The lowest BCUT2D eigenvalue weighted by atomic mass is 9.97. The van der Waals surface area contributed by atoms with Crippen LogP contribution in [0.15, 0.2) is 65.6 Å². The van der Waals surface area contributed by atoms with Crippen LogP contribution in [0, 0.1) is 0 Å². The molecule has 0 saturated carbocycles. The maximum atomic E-state index is 13.8. The molecule has 0 unspecified atom stereocenters. The van der Waals surface area contributed by atoms with Gasteiger partial charge in [0.1, 0.15) is 18.1 Å². The molecule has 2 heterocycles. The van der Waals surface area contributed by atoms with Crippen LogP contribution < -0.4 is 19.7 Å². The van der Waals surface area contributed by atoms with Crippen LogP contribution in [-0.2, 0) is 24.2 Å². The maximum Gasteiger partial charge on any atom is 0.471 e. The van der Waals surface area contributed by atoms with E-state index in [4.69, 9.17) is 14.2 Å². The number of anilines is 3. The number of halogens is 3. The highest BCUT2D eigenvalue weighted by Crippen LogP contribution is 2.46. The van der Waals surface area contributed by atoms with E-state index in [0.717, 1.165) is 6.26 Å². The highest BCUT2D eigenvalue weighted by atomic mass is 32.2. The van der Waals surface area contributed by atoms with E-state index in [1.54, 1.807) is 36.4 Å². The Morgan fingerprint density at radius 1 is 1.02 bits per heavy atom. The van der Waals surface area contributed by atoms with Gasteiger partial charge in [-0.05, 0) is 36.4 Å². The Hall–Kier alpha value is -4.26. The number of nitrogens with one attached hydrogen (secondary N) is 1. The Kier molecular flexibility index (Phi) is 7.32. The van der Waals surface area contributed by atoms with E-state index >= 15 is 0 Å². The molecule has 1 amide bonds. The van der Waals surface area contributed by atoms with Crippen molar-refractivity contribution in [2.45, 2.75) is 29.5 Å². The number of fused-ring (bicyclic) bond motifs is 2. The van der Waals surface area contributed by atoms with Gasteiger partial charge in [0.2, 0.25) is 0 Å². The number of methoxy groups -OCH3 is 1. The highest BCUT2D eigenvalue weighted by Gasteiger charge is 2.48. The quantitative estimate of drug-likeness (QED) is 0.387. The second-order valence-electron chi connectivity index (χ2n) is 9.66. The number of hydrogen-bond donors (Lipinski definition) is 1. The second-order valence-corrected chi connectivity index (χ2v) is 11.7. The molecule has 0 radical (unpaired) electrons. The number of amides is 1. The van der Waals surface area contributed by atoms with Gasteiger partial charge in [0.05, 0.1) is 36.8 Å². The summed E-state index contributed by atoms with van der Waals surface area (Å²) in [6.07, 6.45) is -4.03. The summed E-state index contributed by atoms with van der Waals surface area (Å²) < 4.78 is 81.2. The third-order valence-corrected chi connectivity index (χ3v) is 8.05. The normalized spacial score (nSPS) is 17.6. The summed E-state index contributed by atoms with van der Waals surface area (Å²) in [6.45, 7) is -0.0948. The minimum absolute atomic E-state index is 0.0408. The molecular weight excluding hydrogens is 565 g/mol. The van der Waals surface area contributed by atoms with Crippen molar-refractivity contribution in [1.29, 1.82) is 0 Å². The van der Waals surface area contributed by atoms with Gasteiger partial charge in [0.15, 0.2) is 9.84 Å². The maximum absolute atomic E-state index is 13.8. The summed E-state index contributed by atoms with van der Waals surface area (Å²) in [4.78, 5) is 25.3. The van der Waals surface area contributed by atoms with E-state index in [-0.39, 0.29) is 47.6 Å². The Morgan fingerprint density at radius 2 is 1.76 bits per heavy atom. The number of carbonyl (C=O) groups is 2. The molecule has 0 bridgehead atoms. The average molecular weight is 591 g/mol. The first-order chi connectivity index (χ1) is 19.4. The number of nitrogens with zero attached hydrogens (tertiary/aromatic N) is 1. The van der Waals surface area contributed by atoms with E-state index in [2.05, 4.69) is 5.32 Å². The number of sulfone groups is 1. The van der Waals surface area contributed by atoms with Crippen molar-refractivity contribution in [3.63, 3.8) is 0 Å². The molecule has 3 aromatic carbocycles. The van der Waals surface area contributed by atoms with Crippen molar-refractivity contribution >= 4 is 38.8 Å². The number of alkyl halides is 3. The van der Waals surface area contributed by atoms with Crippen LogP contribution in [0.4, 0.5) is 30.2 Å². The van der Waals surface area contributed by atoms with Crippen LogP contribution >= 0.6 is 0 Å². The Labute approximate surface area is 233 Å². The van der Waals surface area contributed by atoms with Crippen molar-refractivity contribution in [2.75, 3.05) is 36.8 Å². The summed E-state index contributed by atoms with van der Waals surface area (Å²) in [6, 6.07) is 14.0. The number of ether oxygens (including phenoxy) is 3. The molecule has 2 aliphatic rings. The van der Waals surface area contributed by atoms with Gasteiger partial charge in [-0.25, -0.2) is 8.42 Å². The number of carbonyl (C=O) groups excluding carboxylic acids is 2. The molecule has 2 atom stereocenters. The van der Waals surface area contributed by atoms with E-state index in [0.29, 0.717) is 27.4 Å². The van der Waals surface area contributed by atoms with Gasteiger partial charge in [0.25, 0.3) is 0 Å². The third kappa shape index (κ3) is 5.67. The smallest absolute Gasteiger partial charge is 0.471 e. The van der Waals surface area contributed by atoms with Gasteiger partial charge in [-0.2, -0.15) is 13.2 Å². The van der Waals surface area contributed by atoms with Gasteiger partial charge in [0, 0.05) is 40.7 Å². The minimum atomic E-state index is -5.17. The zero-order valence-electron chi connectivity index (χ0n) is 21.9. The van der Waals surface area contributed by atoms with Crippen molar-refractivity contribution in [2.24, 2.45) is 0 Å². The molecule has 9 nitrogen and oxygen atoms in total. The molecule has 3 aromatic rings. The van der Waals surface area contributed by atoms with Crippen LogP contribution in [0.25, 0.3) is 0 Å². The lowest BCUT2D eigenvalue weighted by molar-refractivity contribution is -0.171. The lowest BCUT2D eigenvalue weighted by Crippen LogP contribution is -2.44. The molecule has 5 rings (SSSR count).